The van der Waals surface area contributed by atoms with Gasteiger partial charge in [0, 0.05) is 25.0 Å². The Morgan fingerprint density at radius 1 is 1.07 bits per heavy atom. The lowest BCUT2D eigenvalue weighted by molar-refractivity contribution is -0.137. The predicted octanol–water partition coefficient (Wildman–Crippen LogP) is 1.20. The van der Waals surface area contributed by atoms with Crippen molar-refractivity contribution >= 4 is 58.3 Å². The van der Waals surface area contributed by atoms with Crippen LogP contribution in [0.4, 0.5) is 5.69 Å². The average molecular weight is 427 g/mol. The number of para-hydroxylation sites is 1. The van der Waals surface area contributed by atoms with E-state index in [1.165, 1.54) is 0 Å². The molecule has 0 aliphatic rings. The van der Waals surface area contributed by atoms with Gasteiger partial charge >= 0.3 is 5.97 Å². The molecule has 1 aromatic rings. The smallest absolute Gasteiger partial charge is 0.330 e. The highest BCUT2D eigenvalue weighted by Gasteiger charge is 2.09. The van der Waals surface area contributed by atoms with E-state index in [0.717, 1.165) is 12.2 Å². The molecule has 0 aliphatic heterocycles. The number of carbonyl (C=O) groups excluding carboxylic acids is 4. The number of rotatable bonds is 7. The first-order valence-electron chi connectivity index (χ1n) is 8.10. The van der Waals surface area contributed by atoms with E-state index >= 15 is 0 Å². The molecular formula is C17H19ClN4O5S. The molecule has 1 aromatic carbocycles. The minimum atomic E-state index is -0.682. The number of benzene rings is 1. The predicted molar refractivity (Wildman–Crippen MR) is 107 cm³/mol. The maximum Gasteiger partial charge on any atom is 0.330 e. The average Bonchev–Trinajstić information content (AvgIpc) is 2.65. The Morgan fingerprint density at radius 3 is 2.43 bits per heavy atom. The van der Waals surface area contributed by atoms with E-state index in [-0.39, 0.29) is 30.5 Å². The molecule has 150 valence electrons. The first-order chi connectivity index (χ1) is 13.3. The summed E-state index contributed by atoms with van der Waals surface area (Å²) in [6.07, 6.45) is 1.67. The van der Waals surface area contributed by atoms with Crippen LogP contribution < -0.4 is 21.5 Å². The quantitative estimate of drug-likeness (QED) is 0.223. The number of thiocarbonyl (C=S) groups is 1. The van der Waals surface area contributed by atoms with Gasteiger partial charge in [0.25, 0.3) is 0 Å². The fraction of sp³-hybridized carbons (Fsp3) is 0.235. The van der Waals surface area contributed by atoms with E-state index in [0.29, 0.717) is 10.7 Å². The molecule has 3 amide bonds. The van der Waals surface area contributed by atoms with Crippen molar-refractivity contribution in [2.75, 3.05) is 11.9 Å². The minimum absolute atomic E-state index is 0.0832. The van der Waals surface area contributed by atoms with Gasteiger partial charge in [-0.05, 0) is 31.3 Å². The summed E-state index contributed by atoms with van der Waals surface area (Å²) in [6, 6.07) is 6.71. The van der Waals surface area contributed by atoms with Crippen LogP contribution in [0, 0.1) is 0 Å². The maximum absolute atomic E-state index is 11.8. The standard InChI is InChI=1S/C17H19ClN4O5S/c1-2-27-16(26)10-9-14(24)20-17(28)22-21-15(25)8-7-13(23)19-12-6-4-3-5-11(12)18/h3-6,9-10H,2,7-8H2,1H3,(H,19,23)(H,21,25)(H2,20,22,24,28). The third-order valence-electron chi connectivity index (χ3n) is 2.94. The molecular weight excluding hydrogens is 408 g/mol. The molecule has 0 saturated heterocycles. The molecule has 0 atom stereocenters. The molecule has 0 spiro atoms. The van der Waals surface area contributed by atoms with E-state index in [1.54, 1.807) is 31.2 Å². The van der Waals surface area contributed by atoms with Crippen LogP contribution in [0.2, 0.25) is 5.02 Å². The third-order valence-corrected chi connectivity index (χ3v) is 3.47. The third kappa shape index (κ3) is 9.64. The lowest BCUT2D eigenvalue weighted by Crippen LogP contribution is -2.48. The zero-order chi connectivity index (χ0) is 20.9. The van der Waals surface area contributed by atoms with E-state index in [9.17, 15) is 19.2 Å². The minimum Gasteiger partial charge on any atom is -0.463 e. The van der Waals surface area contributed by atoms with Gasteiger partial charge in [-0.2, -0.15) is 0 Å². The second kappa shape index (κ2) is 12.4. The van der Waals surface area contributed by atoms with Crippen LogP contribution in [-0.2, 0) is 23.9 Å². The zero-order valence-corrected chi connectivity index (χ0v) is 16.5. The van der Waals surface area contributed by atoms with Gasteiger partial charge in [-0.25, -0.2) is 4.79 Å². The summed E-state index contributed by atoms with van der Waals surface area (Å²) in [5.41, 5.74) is 4.99. The number of halogens is 1. The van der Waals surface area contributed by atoms with E-state index in [1.807, 2.05) is 0 Å². The lowest BCUT2D eigenvalue weighted by atomic mass is 10.2. The van der Waals surface area contributed by atoms with Crippen LogP contribution in [0.1, 0.15) is 19.8 Å². The second-order valence-corrected chi connectivity index (χ2v) is 5.92. The highest BCUT2D eigenvalue weighted by molar-refractivity contribution is 7.80. The summed E-state index contributed by atoms with van der Waals surface area (Å²) in [6.45, 7) is 1.82. The van der Waals surface area contributed by atoms with Crippen LogP contribution in [0.3, 0.4) is 0 Å². The number of hydrogen-bond donors (Lipinski definition) is 4. The van der Waals surface area contributed by atoms with Gasteiger partial charge < -0.3 is 10.1 Å². The van der Waals surface area contributed by atoms with E-state index in [2.05, 4.69) is 26.2 Å². The van der Waals surface area contributed by atoms with E-state index in [4.69, 9.17) is 23.8 Å². The number of nitrogens with one attached hydrogen (secondary N) is 4. The monoisotopic (exact) mass is 426 g/mol. The molecule has 28 heavy (non-hydrogen) atoms. The molecule has 0 aliphatic carbocycles. The maximum atomic E-state index is 11.8. The Morgan fingerprint density at radius 2 is 1.75 bits per heavy atom. The van der Waals surface area contributed by atoms with Crippen LogP contribution in [0.5, 0.6) is 0 Å². The first kappa shape index (κ1) is 23.1. The van der Waals surface area contributed by atoms with Gasteiger partial charge in [0.15, 0.2) is 5.11 Å². The summed E-state index contributed by atoms with van der Waals surface area (Å²) < 4.78 is 4.62. The highest BCUT2D eigenvalue weighted by atomic mass is 35.5. The lowest BCUT2D eigenvalue weighted by Gasteiger charge is -2.10. The van der Waals surface area contributed by atoms with Gasteiger partial charge in [0.2, 0.25) is 17.7 Å². The number of hydrogen-bond acceptors (Lipinski definition) is 6. The Bertz CT molecular complexity index is 785. The normalized spacial score (nSPS) is 10.1. The Kier molecular flexibility index (Phi) is 10.2. The van der Waals surface area contributed by atoms with Crippen molar-refractivity contribution in [3.63, 3.8) is 0 Å². The number of hydrazine groups is 1. The van der Waals surface area contributed by atoms with Gasteiger partial charge in [-0.15, -0.1) is 0 Å². The molecule has 0 saturated carbocycles. The van der Waals surface area contributed by atoms with Gasteiger partial charge in [-0.3, -0.25) is 30.6 Å². The molecule has 1 rings (SSSR count). The van der Waals surface area contributed by atoms with Crippen LogP contribution in [-0.4, -0.2) is 35.4 Å². The Balaban J connectivity index is 2.27. The molecule has 4 N–H and O–H groups in total. The Hall–Kier alpha value is -2.98. The fourth-order valence-corrected chi connectivity index (χ4v) is 2.04. The number of anilines is 1. The molecule has 9 nitrogen and oxygen atoms in total. The Labute approximate surface area is 171 Å². The summed E-state index contributed by atoms with van der Waals surface area (Å²) >= 11 is 10.7. The summed E-state index contributed by atoms with van der Waals surface area (Å²) in [5.74, 6) is -2.25. The topological polar surface area (TPSA) is 126 Å². The first-order valence-corrected chi connectivity index (χ1v) is 8.89. The second-order valence-electron chi connectivity index (χ2n) is 5.10. The summed E-state index contributed by atoms with van der Waals surface area (Å²) in [7, 11) is 0. The van der Waals surface area contributed by atoms with Gasteiger partial charge in [-0.1, -0.05) is 23.7 Å². The number of carbonyl (C=O) groups is 4. The largest absolute Gasteiger partial charge is 0.463 e. The molecule has 0 radical (unpaired) electrons. The molecule has 11 heteroatoms. The van der Waals surface area contributed by atoms with Crippen molar-refractivity contribution in [2.24, 2.45) is 0 Å². The number of ether oxygens (including phenoxy) is 1. The van der Waals surface area contributed by atoms with Crippen LogP contribution in [0.25, 0.3) is 0 Å². The SMILES string of the molecule is CCOC(=O)C=CC(=O)NC(=S)NNC(=O)CCC(=O)Nc1ccccc1Cl. The molecule has 0 heterocycles. The van der Waals surface area contributed by atoms with Crippen molar-refractivity contribution in [1.29, 1.82) is 0 Å². The van der Waals surface area contributed by atoms with Gasteiger partial charge in [0.05, 0.1) is 17.3 Å². The number of amides is 3. The van der Waals surface area contributed by atoms with Crippen LogP contribution >= 0.6 is 23.8 Å². The van der Waals surface area contributed by atoms with Crippen molar-refractivity contribution in [1.82, 2.24) is 16.2 Å². The zero-order valence-electron chi connectivity index (χ0n) is 14.9. The fourth-order valence-electron chi connectivity index (χ4n) is 1.71. The molecule has 0 bridgehead atoms. The summed E-state index contributed by atoms with van der Waals surface area (Å²) in [4.78, 5) is 46.1. The molecule has 0 unspecified atom stereocenters. The van der Waals surface area contributed by atoms with Crippen molar-refractivity contribution < 1.29 is 23.9 Å². The highest BCUT2D eigenvalue weighted by Crippen LogP contribution is 2.20. The molecule has 0 aromatic heterocycles. The number of esters is 1. The van der Waals surface area contributed by atoms with Gasteiger partial charge in [0.1, 0.15) is 0 Å². The summed E-state index contributed by atoms with van der Waals surface area (Å²) in [5, 5.41) is 5.01. The van der Waals surface area contributed by atoms with Crippen LogP contribution in [0.15, 0.2) is 36.4 Å². The van der Waals surface area contributed by atoms with E-state index < -0.39 is 17.8 Å². The van der Waals surface area contributed by atoms with Crippen molar-refractivity contribution in [3.05, 3.63) is 41.4 Å². The molecule has 0 fully saturated rings. The van der Waals surface area contributed by atoms with Crippen molar-refractivity contribution in [3.8, 4) is 0 Å². The van der Waals surface area contributed by atoms with Crippen molar-refractivity contribution in [2.45, 2.75) is 19.8 Å².